The molecule has 0 bridgehead atoms. The van der Waals surface area contributed by atoms with Crippen molar-refractivity contribution in [3.63, 3.8) is 0 Å². The zero-order chi connectivity index (χ0) is 24.8. The Morgan fingerprint density at radius 3 is 2.46 bits per heavy atom. The molecule has 0 fully saturated rings. The fourth-order valence-corrected chi connectivity index (χ4v) is 5.05. The predicted molar refractivity (Wildman–Crippen MR) is 136 cm³/mol. The molecule has 180 valence electrons. The number of nitrogens with one attached hydrogen (secondary N) is 2. The number of thiazole rings is 1. The quantitative estimate of drug-likeness (QED) is 0.353. The van der Waals surface area contributed by atoms with Crippen LogP contribution in [0, 0.1) is 6.92 Å². The van der Waals surface area contributed by atoms with Crippen molar-refractivity contribution in [1.29, 1.82) is 0 Å². The first-order valence-corrected chi connectivity index (χ1v) is 13.1. The van der Waals surface area contributed by atoms with E-state index in [0.717, 1.165) is 11.1 Å². The lowest BCUT2D eigenvalue weighted by Gasteiger charge is -2.09. The molecule has 11 heteroatoms. The van der Waals surface area contributed by atoms with Crippen molar-refractivity contribution in [3.8, 4) is 11.3 Å². The minimum atomic E-state index is -3.76. The molecule has 2 aromatic carbocycles. The highest BCUT2D eigenvalue weighted by Crippen LogP contribution is 2.20. The van der Waals surface area contributed by atoms with Gasteiger partial charge in [-0.2, -0.15) is 5.10 Å². The molecule has 0 aliphatic heterocycles. The minimum Gasteiger partial charge on any atom is -0.326 e. The lowest BCUT2D eigenvalue weighted by molar-refractivity contribution is -0.116. The van der Waals surface area contributed by atoms with E-state index in [2.05, 4.69) is 20.1 Å². The van der Waals surface area contributed by atoms with Gasteiger partial charge < -0.3 is 5.32 Å². The minimum absolute atomic E-state index is 0.0598. The maximum atomic E-state index is 12.4. The number of hydrogen-bond acceptors (Lipinski definition) is 7. The Labute approximate surface area is 206 Å². The third-order valence-electron chi connectivity index (χ3n) is 5.09. The van der Waals surface area contributed by atoms with Gasteiger partial charge in [0.2, 0.25) is 5.91 Å². The van der Waals surface area contributed by atoms with Gasteiger partial charge in [0.15, 0.2) is 5.13 Å². The smallest absolute Gasteiger partial charge is 0.266 e. The number of nitrogens with zero attached hydrogens (tertiary/aromatic N) is 3. The van der Waals surface area contributed by atoms with Crippen molar-refractivity contribution in [2.75, 3.05) is 10.0 Å². The normalized spacial score (nSPS) is 11.2. The number of carbonyl (C=O) groups is 1. The van der Waals surface area contributed by atoms with E-state index < -0.39 is 10.0 Å². The number of aryl methyl sites for hydroxylation is 2. The first-order chi connectivity index (χ1) is 16.8. The SMILES string of the molecule is Cc1ccc(-c2ccc(=O)n(CCCC(=O)Nc3ccc(S(=O)(=O)Nc4nccs4)cc3)n2)cc1. The van der Waals surface area contributed by atoms with Gasteiger partial charge in [0.1, 0.15) is 0 Å². The molecule has 35 heavy (non-hydrogen) atoms. The van der Waals surface area contributed by atoms with Gasteiger partial charge in [-0.3, -0.25) is 14.3 Å². The van der Waals surface area contributed by atoms with Crippen LogP contribution in [0.25, 0.3) is 11.3 Å². The van der Waals surface area contributed by atoms with E-state index in [1.54, 1.807) is 11.4 Å². The van der Waals surface area contributed by atoms with E-state index in [9.17, 15) is 18.0 Å². The summed E-state index contributed by atoms with van der Waals surface area (Å²) in [5.74, 6) is -0.246. The molecular formula is C24H23N5O4S2. The molecule has 4 rings (SSSR count). The number of rotatable bonds is 9. The number of benzene rings is 2. The van der Waals surface area contributed by atoms with Gasteiger partial charge in [-0.15, -0.1) is 11.3 Å². The fraction of sp³-hybridized carbons (Fsp3) is 0.167. The van der Waals surface area contributed by atoms with E-state index in [-0.39, 0.29) is 27.9 Å². The molecule has 0 aliphatic carbocycles. The molecule has 0 saturated heterocycles. The Bertz CT molecular complexity index is 1460. The second-order valence-electron chi connectivity index (χ2n) is 7.76. The van der Waals surface area contributed by atoms with E-state index in [1.807, 2.05) is 31.2 Å². The van der Waals surface area contributed by atoms with Crippen LogP contribution in [-0.2, 0) is 21.4 Å². The third-order valence-corrected chi connectivity index (χ3v) is 7.26. The van der Waals surface area contributed by atoms with Gasteiger partial charge in [-0.1, -0.05) is 29.8 Å². The van der Waals surface area contributed by atoms with Crippen LogP contribution in [-0.4, -0.2) is 29.1 Å². The zero-order valence-corrected chi connectivity index (χ0v) is 20.5. The standard InChI is InChI=1S/C24H23N5O4S2/c1-17-4-6-18(7-5-17)21-12-13-23(31)29(27-21)15-2-3-22(30)26-19-8-10-20(11-9-19)35(32,33)28-24-25-14-16-34-24/h4-14,16H,2-3,15H2,1H3,(H,25,28)(H,26,30). The second kappa shape index (κ2) is 10.6. The molecule has 0 spiro atoms. The van der Waals surface area contributed by atoms with Gasteiger partial charge >= 0.3 is 0 Å². The summed E-state index contributed by atoms with van der Waals surface area (Å²) in [6.07, 6.45) is 2.10. The van der Waals surface area contributed by atoms with E-state index in [4.69, 9.17) is 0 Å². The number of carbonyl (C=O) groups excluding carboxylic acids is 1. The van der Waals surface area contributed by atoms with Crippen molar-refractivity contribution < 1.29 is 13.2 Å². The fourth-order valence-electron chi connectivity index (χ4n) is 3.27. The van der Waals surface area contributed by atoms with Crippen molar-refractivity contribution in [2.24, 2.45) is 0 Å². The Kier molecular flexibility index (Phi) is 7.37. The topological polar surface area (TPSA) is 123 Å². The molecule has 0 unspecified atom stereocenters. The van der Waals surface area contributed by atoms with Crippen molar-refractivity contribution in [1.82, 2.24) is 14.8 Å². The molecule has 2 heterocycles. The summed E-state index contributed by atoms with van der Waals surface area (Å²) >= 11 is 1.18. The molecule has 2 aromatic heterocycles. The molecule has 9 nitrogen and oxygen atoms in total. The van der Waals surface area contributed by atoms with Crippen LogP contribution < -0.4 is 15.6 Å². The average Bonchev–Trinajstić information content (AvgIpc) is 3.33. The number of sulfonamides is 1. The maximum absolute atomic E-state index is 12.4. The van der Waals surface area contributed by atoms with Crippen LogP contribution in [0.3, 0.4) is 0 Å². The molecular weight excluding hydrogens is 486 g/mol. The van der Waals surface area contributed by atoms with Gasteiger partial charge in [-0.25, -0.2) is 18.1 Å². The first kappa shape index (κ1) is 24.3. The molecule has 0 saturated carbocycles. The summed E-state index contributed by atoms with van der Waals surface area (Å²) in [5, 5.41) is 9.10. The van der Waals surface area contributed by atoms with Crippen LogP contribution in [0.1, 0.15) is 18.4 Å². The van der Waals surface area contributed by atoms with Crippen molar-refractivity contribution >= 4 is 38.1 Å². The molecule has 1 amide bonds. The second-order valence-corrected chi connectivity index (χ2v) is 10.3. The van der Waals surface area contributed by atoms with Crippen LogP contribution in [0.2, 0.25) is 0 Å². The van der Waals surface area contributed by atoms with Crippen LogP contribution in [0.4, 0.5) is 10.8 Å². The number of anilines is 2. The number of hydrogen-bond donors (Lipinski definition) is 2. The van der Waals surface area contributed by atoms with E-state index in [0.29, 0.717) is 24.3 Å². The zero-order valence-electron chi connectivity index (χ0n) is 18.8. The first-order valence-electron chi connectivity index (χ1n) is 10.8. The third kappa shape index (κ3) is 6.40. The Hall–Kier alpha value is -3.83. The lowest BCUT2D eigenvalue weighted by atomic mass is 10.1. The van der Waals surface area contributed by atoms with Gasteiger partial charge in [0.25, 0.3) is 15.6 Å². The predicted octanol–water partition coefficient (Wildman–Crippen LogP) is 3.89. The molecule has 0 radical (unpaired) electrons. The Morgan fingerprint density at radius 2 is 1.77 bits per heavy atom. The van der Waals surface area contributed by atoms with E-state index in [1.165, 1.54) is 52.5 Å². The van der Waals surface area contributed by atoms with Gasteiger partial charge in [-0.05, 0) is 43.7 Å². The molecule has 2 N–H and O–H groups in total. The highest BCUT2D eigenvalue weighted by molar-refractivity contribution is 7.93. The molecule has 4 aromatic rings. The summed E-state index contributed by atoms with van der Waals surface area (Å²) in [4.78, 5) is 28.5. The number of aromatic nitrogens is 3. The summed E-state index contributed by atoms with van der Waals surface area (Å²) in [7, 11) is -3.76. The van der Waals surface area contributed by atoms with Crippen molar-refractivity contribution in [2.45, 2.75) is 31.2 Å². The van der Waals surface area contributed by atoms with E-state index >= 15 is 0 Å². The van der Waals surface area contributed by atoms with Crippen LogP contribution in [0.15, 0.2) is 81.9 Å². The molecule has 0 aliphatic rings. The number of amides is 1. The highest BCUT2D eigenvalue weighted by Gasteiger charge is 2.15. The summed E-state index contributed by atoms with van der Waals surface area (Å²) in [5.41, 5.74) is 2.98. The van der Waals surface area contributed by atoms with Gasteiger partial charge in [0.05, 0.1) is 10.6 Å². The highest BCUT2D eigenvalue weighted by atomic mass is 32.2. The summed E-state index contributed by atoms with van der Waals surface area (Å²) < 4.78 is 28.6. The summed E-state index contributed by atoms with van der Waals surface area (Å²) in [6.45, 7) is 2.30. The largest absolute Gasteiger partial charge is 0.326 e. The van der Waals surface area contributed by atoms with Crippen molar-refractivity contribution in [3.05, 3.63) is 88.2 Å². The Balaban J connectivity index is 1.31. The monoisotopic (exact) mass is 509 g/mol. The Morgan fingerprint density at radius 1 is 1.03 bits per heavy atom. The molecule has 0 atom stereocenters. The summed E-state index contributed by atoms with van der Waals surface area (Å²) in [6, 6.07) is 16.9. The van der Waals surface area contributed by atoms with Gasteiger partial charge in [0, 0.05) is 41.9 Å². The average molecular weight is 510 g/mol. The van der Waals surface area contributed by atoms with Crippen LogP contribution >= 0.6 is 11.3 Å². The lowest BCUT2D eigenvalue weighted by Crippen LogP contribution is -2.23. The van der Waals surface area contributed by atoms with Crippen LogP contribution in [0.5, 0.6) is 0 Å². The maximum Gasteiger partial charge on any atom is 0.266 e.